The number of hydrogen-bond acceptors (Lipinski definition) is 2. The minimum Gasteiger partial charge on any atom is -0.366 e. The molecule has 0 aliphatic carbocycles. The summed E-state index contributed by atoms with van der Waals surface area (Å²) in [6, 6.07) is 5.00. The quantitative estimate of drug-likeness (QED) is 0.800. The molecule has 0 unspecified atom stereocenters. The molecule has 1 N–H and O–H groups in total. The van der Waals surface area contributed by atoms with Gasteiger partial charge in [0, 0.05) is 18.1 Å². The molecule has 1 heterocycles. The molecule has 0 spiro atoms. The Bertz CT molecular complexity index is 370. The lowest BCUT2D eigenvalue weighted by molar-refractivity contribution is 0.862. The van der Waals surface area contributed by atoms with Gasteiger partial charge in [-0.2, -0.15) is 0 Å². The van der Waals surface area contributed by atoms with Crippen molar-refractivity contribution in [2.24, 2.45) is 7.05 Å². The molecular weight excluding hydrogens is 188 g/mol. The van der Waals surface area contributed by atoms with Gasteiger partial charge in [0.2, 0.25) is 0 Å². The molecular formula is C9H11ClN2O. The van der Waals surface area contributed by atoms with Crippen LogP contribution in [-0.2, 0) is 7.05 Å². The highest BCUT2D eigenvalue weighted by molar-refractivity contribution is 6.29. The van der Waals surface area contributed by atoms with Crippen molar-refractivity contribution in [3.63, 3.8) is 0 Å². The highest BCUT2D eigenvalue weighted by atomic mass is 35.5. The third-order valence-electron chi connectivity index (χ3n) is 1.65. The molecule has 0 fully saturated rings. The van der Waals surface area contributed by atoms with Crippen molar-refractivity contribution in [3.8, 4) is 0 Å². The number of nitrogens with zero attached hydrogens (tertiary/aromatic N) is 1. The first-order chi connectivity index (χ1) is 6.11. The van der Waals surface area contributed by atoms with Gasteiger partial charge in [-0.3, -0.25) is 9.36 Å². The van der Waals surface area contributed by atoms with Crippen LogP contribution in [0, 0.1) is 0 Å². The molecule has 1 rings (SSSR count). The van der Waals surface area contributed by atoms with E-state index in [9.17, 15) is 4.79 Å². The molecule has 0 aromatic carbocycles. The van der Waals surface area contributed by atoms with Crippen molar-refractivity contribution in [2.45, 2.75) is 0 Å². The fourth-order valence-electron chi connectivity index (χ4n) is 0.928. The zero-order chi connectivity index (χ0) is 9.84. The van der Waals surface area contributed by atoms with E-state index in [0.717, 1.165) is 5.82 Å². The topological polar surface area (TPSA) is 34.0 Å². The van der Waals surface area contributed by atoms with E-state index >= 15 is 0 Å². The van der Waals surface area contributed by atoms with Crippen molar-refractivity contribution in [2.75, 3.05) is 11.9 Å². The maximum Gasteiger partial charge on any atom is 0.251 e. The lowest BCUT2D eigenvalue weighted by atomic mass is 10.4. The summed E-state index contributed by atoms with van der Waals surface area (Å²) in [7, 11) is 1.70. The minimum absolute atomic E-state index is 0.0508. The number of nitrogens with one attached hydrogen (secondary N) is 1. The van der Waals surface area contributed by atoms with Crippen LogP contribution in [-0.4, -0.2) is 11.1 Å². The van der Waals surface area contributed by atoms with Crippen molar-refractivity contribution < 1.29 is 0 Å². The molecule has 0 aliphatic rings. The Labute approximate surface area is 81.6 Å². The normalized spacial score (nSPS) is 9.69. The summed E-state index contributed by atoms with van der Waals surface area (Å²) in [5.74, 6) is 0.731. The van der Waals surface area contributed by atoms with E-state index in [0.29, 0.717) is 11.6 Å². The molecule has 4 heteroatoms. The zero-order valence-electron chi connectivity index (χ0n) is 7.38. The third kappa shape index (κ3) is 2.63. The maximum absolute atomic E-state index is 11.2. The largest absolute Gasteiger partial charge is 0.366 e. The molecule has 0 atom stereocenters. The van der Waals surface area contributed by atoms with Gasteiger partial charge >= 0.3 is 0 Å². The number of hydrogen-bond donors (Lipinski definition) is 1. The van der Waals surface area contributed by atoms with Gasteiger partial charge in [0.05, 0.1) is 6.54 Å². The van der Waals surface area contributed by atoms with Crippen LogP contribution in [0.1, 0.15) is 0 Å². The average Bonchev–Trinajstić information content (AvgIpc) is 2.07. The van der Waals surface area contributed by atoms with Gasteiger partial charge in [-0.1, -0.05) is 24.2 Å². The second-order valence-electron chi connectivity index (χ2n) is 2.68. The van der Waals surface area contributed by atoms with E-state index in [4.69, 9.17) is 11.6 Å². The average molecular weight is 199 g/mol. The SMILES string of the molecule is C=C(Cl)CNc1cccc(=O)n1C. The van der Waals surface area contributed by atoms with Crippen LogP contribution in [0.3, 0.4) is 0 Å². The molecule has 0 aliphatic heterocycles. The molecule has 0 radical (unpaired) electrons. The zero-order valence-corrected chi connectivity index (χ0v) is 8.14. The summed E-state index contributed by atoms with van der Waals surface area (Å²) in [4.78, 5) is 11.2. The number of aromatic nitrogens is 1. The van der Waals surface area contributed by atoms with Crippen LogP contribution < -0.4 is 10.9 Å². The number of rotatable bonds is 3. The van der Waals surface area contributed by atoms with Crippen LogP contribution in [0.5, 0.6) is 0 Å². The molecule has 70 valence electrons. The standard InChI is InChI=1S/C9H11ClN2O/c1-7(10)6-11-8-4-3-5-9(13)12(8)2/h3-5,11H,1,6H2,2H3. The van der Waals surface area contributed by atoms with Crippen molar-refractivity contribution >= 4 is 17.4 Å². The first kappa shape index (κ1) is 9.86. The van der Waals surface area contributed by atoms with E-state index in [1.807, 2.05) is 0 Å². The van der Waals surface area contributed by atoms with Gasteiger partial charge in [-0.25, -0.2) is 0 Å². The molecule has 3 nitrogen and oxygen atoms in total. The summed E-state index contributed by atoms with van der Waals surface area (Å²) in [5.41, 5.74) is -0.0508. The summed E-state index contributed by atoms with van der Waals surface area (Å²) in [6.07, 6.45) is 0. The smallest absolute Gasteiger partial charge is 0.251 e. The van der Waals surface area contributed by atoms with Gasteiger partial charge in [0.15, 0.2) is 0 Å². The van der Waals surface area contributed by atoms with Gasteiger partial charge in [-0.15, -0.1) is 0 Å². The highest BCUT2D eigenvalue weighted by Gasteiger charge is 1.97. The van der Waals surface area contributed by atoms with Crippen molar-refractivity contribution in [1.82, 2.24) is 4.57 Å². The van der Waals surface area contributed by atoms with Crippen molar-refractivity contribution in [3.05, 3.63) is 40.2 Å². The predicted octanol–water partition coefficient (Wildman–Crippen LogP) is 1.55. The van der Waals surface area contributed by atoms with E-state index in [2.05, 4.69) is 11.9 Å². The maximum atomic E-state index is 11.2. The number of pyridine rings is 1. The number of anilines is 1. The molecule has 1 aromatic heterocycles. The fraction of sp³-hybridized carbons (Fsp3) is 0.222. The van der Waals surface area contributed by atoms with Crippen LogP contribution in [0.2, 0.25) is 0 Å². The second kappa shape index (κ2) is 4.14. The highest BCUT2D eigenvalue weighted by Crippen LogP contribution is 2.03. The molecule has 0 bridgehead atoms. The van der Waals surface area contributed by atoms with Gasteiger partial charge in [0.25, 0.3) is 5.56 Å². The van der Waals surface area contributed by atoms with Gasteiger partial charge < -0.3 is 5.32 Å². The van der Waals surface area contributed by atoms with E-state index < -0.39 is 0 Å². The Morgan fingerprint density at radius 1 is 1.69 bits per heavy atom. The van der Waals surface area contributed by atoms with Gasteiger partial charge in [-0.05, 0) is 6.07 Å². The second-order valence-corrected chi connectivity index (χ2v) is 3.21. The summed E-state index contributed by atoms with van der Waals surface area (Å²) in [5, 5.41) is 3.50. The fourth-order valence-corrected chi connectivity index (χ4v) is 0.995. The van der Waals surface area contributed by atoms with E-state index in [1.165, 1.54) is 10.6 Å². The Balaban J connectivity index is 2.83. The lowest BCUT2D eigenvalue weighted by Crippen LogP contribution is -2.19. The van der Waals surface area contributed by atoms with Crippen LogP contribution in [0.4, 0.5) is 5.82 Å². The lowest BCUT2D eigenvalue weighted by Gasteiger charge is -2.08. The summed E-state index contributed by atoms with van der Waals surface area (Å²) < 4.78 is 1.51. The first-order valence-corrected chi connectivity index (χ1v) is 4.22. The summed E-state index contributed by atoms with van der Waals surface area (Å²) >= 11 is 5.58. The third-order valence-corrected chi connectivity index (χ3v) is 1.78. The molecule has 0 amide bonds. The van der Waals surface area contributed by atoms with E-state index in [-0.39, 0.29) is 5.56 Å². The molecule has 0 saturated carbocycles. The van der Waals surface area contributed by atoms with Crippen LogP contribution in [0.25, 0.3) is 0 Å². The van der Waals surface area contributed by atoms with Crippen LogP contribution >= 0.6 is 11.6 Å². The van der Waals surface area contributed by atoms with Crippen molar-refractivity contribution in [1.29, 1.82) is 0 Å². The Morgan fingerprint density at radius 2 is 2.38 bits per heavy atom. The van der Waals surface area contributed by atoms with Gasteiger partial charge in [0.1, 0.15) is 5.82 Å². The molecule has 13 heavy (non-hydrogen) atoms. The number of halogens is 1. The summed E-state index contributed by atoms with van der Waals surface area (Å²) in [6.45, 7) is 4.00. The monoisotopic (exact) mass is 198 g/mol. The van der Waals surface area contributed by atoms with Crippen LogP contribution in [0.15, 0.2) is 34.6 Å². The molecule has 1 aromatic rings. The Kier molecular flexibility index (Phi) is 3.14. The Hall–Kier alpha value is -1.22. The van der Waals surface area contributed by atoms with E-state index in [1.54, 1.807) is 19.2 Å². The minimum atomic E-state index is -0.0508. The Morgan fingerprint density at radius 3 is 3.00 bits per heavy atom. The molecule has 0 saturated heterocycles. The first-order valence-electron chi connectivity index (χ1n) is 3.84. The predicted molar refractivity (Wildman–Crippen MR) is 55.2 cm³/mol.